The monoisotopic (exact) mass is 399 g/mol. The molecule has 0 aromatic heterocycles. The summed E-state index contributed by atoms with van der Waals surface area (Å²) in [6.07, 6.45) is 1.15. The predicted octanol–water partition coefficient (Wildman–Crippen LogP) is -2.22. The Bertz CT molecular complexity index is 623. The molecule has 1 heterocycles. The minimum atomic E-state index is -1.20. The lowest BCUT2D eigenvalue weighted by Crippen LogP contribution is -2.55. The van der Waals surface area contributed by atoms with Gasteiger partial charge in [0.2, 0.25) is 23.6 Å². The Labute approximate surface area is 163 Å². The van der Waals surface area contributed by atoms with Gasteiger partial charge >= 0.3 is 5.97 Å². The summed E-state index contributed by atoms with van der Waals surface area (Å²) in [5.74, 6) is -3.28. The molecular weight excluding hydrogens is 370 g/mol. The first-order valence-electron chi connectivity index (χ1n) is 9.17. The molecule has 1 rings (SSSR count). The third kappa shape index (κ3) is 6.80. The largest absolute Gasteiger partial charge is 0.480 e. The van der Waals surface area contributed by atoms with Gasteiger partial charge in [-0.05, 0) is 25.7 Å². The van der Waals surface area contributed by atoms with Crippen LogP contribution in [0.4, 0.5) is 0 Å². The summed E-state index contributed by atoms with van der Waals surface area (Å²) in [5.41, 5.74) is 5.90. The summed E-state index contributed by atoms with van der Waals surface area (Å²) in [7, 11) is 0. The van der Waals surface area contributed by atoms with E-state index >= 15 is 0 Å². The van der Waals surface area contributed by atoms with Gasteiger partial charge in [0.1, 0.15) is 18.6 Å². The van der Waals surface area contributed by atoms with E-state index in [4.69, 9.17) is 10.8 Å². The summed E-state index contributed by atoms with van der Waals surface area (Å²) in [6.45, 7) is 4.57. The number of carbonyl (C=O) groups excluding carboxylic acids is 4. The summed E-state index contributed by atoms with van der Waals surface area (Å²) in [4.78, 5) is 60.2. The van der Waals surface area contributed by atoms with Crippen LogP contribution in [0.1, 0.15) is 33.6 Å². The second kappa shape index (κ2) is 10.6. The summed E-state index contributed by atoms with van der Waals surface area (Å²) in [5, 5.41) is 15.4. The number of carboxylic acids is 1. The van der Waals surface area contributed by atoms with Gasteiger partial charge in [-0.1, -0.05) is 13.8 Å². The van der Waals surface area contributed by atoms with Crippen LogP contribution in [0.5, 0.6) is 0 Å². The highest BCUT2D eigenvalue weighted by atomic mass is 16.4. The standard InChI is InChI=1S/C17H29N5O6/c1-9(2)14(18)17(28)22-6-4-5-11(22)16(27)21-10(3)15(26)20-7-12(23)19-8-13(24)25/h9-11,14H,4-8,18H2,1-3H3,(H,19,23)(H,20,26)(H,21,27)(H,24,25)/t10-,11-,14-/m0/s1. The number of nitrogens with zero attached hydrogens (tertiary/aromatic N) is 1. The van der Waals surface area contributed by atoms with E-state index in [1.165, 1.54) is 11.8 Å². The molecule has 1 aliphatic rings. The Hall–Kier alpha value is -2.69. The number of nitrogens with one attached hydrogen (secondary N) is 3. The van der Waals surface area contributed by atoms with Crippen LogP contribution in [0.15, 0.2) is 0 Å². The Morgan fingerprint density at radius 1 is 1.11 bits per heavy atom. The number of nitrogens with two attached hydrogens (primary N) is 1. The molecule has 11 nitrogen and oxygen atoms in total. The van der Waals surface area contributed by atoms with Crippen LogP contribution < -0.4 is 21.7 Å². The highest BCUT2D eigenvalue weighted by Gasteiger charge is 2.37. The zero-order valence-corrected chi connectivity index (χ0v) is 16.4. The van der Waals surface area contributed by atoms with E-state index in [-0.39, 0.29) is 11.8 Å². The number of likely N-dealkylation sites (tertiary alicyclic amines) is 1. The molecule has 0 aromatic carbocycles. The molecule has 0 bridgehead atoms. The molecule has 4 amide bonds. The van der Waals surface area contributed by atoms with Crippen LogP contribution >= 0.6 is 0 Å². The lowest BCUT2D eigenvalue weighted by atomic mass is 10.0. The molecule has 3 atom stereocenters. The number of rotatable bonds is 9. The molecule has 11 heteroatoms. The number of amides is 4. The van der Waals surface area contributed by atoms with Crippen molar-refractivity contribution in [1.82, 2.24) is 20.9 Å². The van der Waals surface area contributed by atoms with Crippen molar-refractivity contribution in [3.63, 3.8) is 0 Å². The van der Waals surface area contributed by atoms with Gasteiger partial charge in [0, 0.05) is 6.54 Å². The van der Waals surface area contributed by atoms with Gasteiger partial charge in [-0.25, -0.2) is 0 Å². The van der Waals surface area contributed by atoms with E-state index in [2.05, 4.69) is 16.0 Å². The molecule has 1 saturated heterocycles. The van der Waals surface area contributed by atoms with Crippen LogP contribution in [0.3, 0.4) is 0 Å². The van der Waals surface area contributed by atoms with Crippen LogP contribution in [0.25, 0.3) is 0 Å². The molecule has 0 aliphatic carbocycles. The molecule has 0 saturated carbocycles. The summed E-state index contributed by atoms with van der Waals surface area (Å²) < 4.78 is 0. The van der Waals surface area contributed by atoms with Gasteiger partial charge in [-0.3, -0.25) is 24.0 Å². The zero-order valence-electron chi connectivity index (χ0n) is 16.4. The van der Waals surface area contributed by atoms with E-state index < -0.39 is 54.9 Å². The molecule has 158 valence electrons. The maximum atomic E-state index is 12.5. The lowest BCUT2D eigenvalue weighted by molar-refractivity contribution is -0.141. The van der Waals surface area contributed by atoms with Gasteiger partial charge in [0.25, 0.3) is 0 Å². The van der Waals surface area contributed by atoms with Crippen molar-refractivity contribution in [2.75, 3.05) is 19.6 Å². The molecule has 28 heavy (non-hydrogen) atoms. The van der Waals surface area contributed by atoms with Crippen molar-refractivity contribution in [3.8, 4) is 0 Å². The van der Waals surface area contributed by atoms with Crippen molar-refractivity contribution >= 4 is 29.6 Å². The number of hydrogen-bond donors (Lipinski definition) is 5. The van der Waals surface area contributed by atoms with Crippen LogP contribution in [0, 0.1) is 5.92 Å². The van der Waals surface area contributed by atoms with Crippen molar-refractivity contribution in [2.45, 2.75) is 51.7 Å². The second-order valence-corrected chi connectivity index (χ2v) is 7.08. The Morgan fingerprint density at radius 2 is 1.75 bits per heavy atom. The highest BCUT2D eigenvalue weighted by molar-refractivity contribution is 5.94. The highest BCUT2D eigenvalue weighted by Crippen LogP contribution is 2.19. The Morgan fingerprint density at radius 3 is 2.32 bits per heavy atom. The quantitative estimate of drug-likeness (QED) is 0.292. The van der Waals surface area contributed by atoms with Gasteiger partial charge < -0.3 is 31.7 Å². The second-order valence-electron chi connectivity index (χ2n) is 7.08. The molecule has 1 fully saturated rings. The van der Waals surface area contributed by atoms with Gasteiger partial charge in [-0.2, -0.15) is 0 Å². The van der Waals surface area contributed by atoms with E-state index in [1.807, 2.05) is 13.8 Å². The maximum absolute atomic E-state index is 12.5. The van der Waals surface area contributed by atoms with Crippen molar-refractivity contribution in [2.24, 2.45) is 11.7 Å². The van der Waals surface area contributed by atoms with Crippen LogP contribution in [-0.4, -0.2) is 77.4 Å². The van der Waals surface area contributed by atoms with Crippen LogP contribution in [-0.2, 0) is 24.0 Å². The van der Waals surface area contributed by atoms with Gasteiger partial charge in [0.05, 0.1) is 12.6 Å². The molecule has 1 aliphatic heterocycles. The normalized spacial score (nSPS) is 18.3. The number of hydrogen-bond acceptors (Lipinski definition) is 6. The van der Waals surface area contributed by atoms with Crippen molar-refractivity contribution < 1.29 is 29.1 Å². The van der Waals surface area contributed by atoms with E-state index in [1.54, 1.807) is 0 Å². The average Bonchev–Trinajstić information content (AvgIpc) is 3.12. The Balaban J connectivity index is 2.53. The molecule has 0 unspecified atom stereocenters. The first-order valence-corrected chi connectivity index (χ1v) is 9.17. The fraction of sp³-hybridized carbons (Fsp3) is 0.706. The first-order chi connectivity index (χ1) is 13.0. The lowest BCUT2D eigenvalue weighted by Gasteiger charge is -2.28. The molecule has 0 aromatic rings. The fourth-order valence-electron chi connectivity index (χ4n) is 2.71. The van der Waals surface area contributed by atoms with Crippen LogP contribution in [0.2, 0.25) is 0 Å². The smallest absolute Gasteiger partial charge is 0.322 e. The molecule has 0 spiro atoms. The topological polar surface area (TPSA) is 171 Å². The van der Waals surface area contributed by atoms with Crippen molar-refractivity contribution in [1.29, 1.82) is 0 Å². The number of carboxylic acid groups (broad SMARTS) is 1. The Kier molecular flexibility index (Phi) is 8.83. The van der Waals surface area contributed by atoms with E-state index in [9.17, 15) is 24.0 Å². The van der Waals surface area contributed by atoms with Gasteiger partial charge in [0.15, 0.2) is 0 Å². The number of carbonyl (C=O) groups is 5. The fourth-order valence-corrected chi connectivity index (χ4v) is 2.71. The van der Waals surface area contributed by atoms with E-state index in [0.717, 1.165) is 0 Å². The minimum Gasteiger partial charge on any atom is -0.480 e. The minimum absolute atomic E-state index is 0.0613. The first kappa shape index (κ1) is 23.3. The van der Waals surface area contributed by atoms with Crippen molar-refractivity contribution in [3.05, 3.63) is 0 Å². The molecular formula is C17H29N5O6. The molecule has 0 radical (unpaired) electrons. The average molecular weight is 399 g/mol. The number of aliphatic carboxylic acids is 1. The SMILES string of the molecule is CC(C)[C@H](N)C(=O)N1CCC[C@H]1C(=O)N[C@@H](C)C(=O)NCC(=O)NCC(=O)O. The third-order valence-electron chi connectivity index (χ3n) is 4.45. The third-order valence-corrected chi connectivity index (χ3v) is 4.45. The maximum Gasteiger partial charge on any atom is 0.322 e. The molecule has 6 N–H and O–H groups in total. The summed E-state index contributed by atoms with van der Waals surface area (Å²) in [6, 6.07) is -2.32. The predicted molar refractivity (Wildman–Crippen MR) is 98.8 cm³/mol. The zero-order chi connectivity index (χ0) is 21.4. The summed E-state index contributed by atoms with van der Waals surface area (Å²) >= 11 is 0. The van der Waals surface area contributed by atoms with E-state index in [0.29, 0.717) is 19.4 Å². The van der Waals surface area contributed by atoms with Gasteiger partial charge in [-0.15, -0.1) is 0 Å².